The maximum Gasteiger partial charge on any atom is 0.134 e. The van der Waals surface area contributed by atoms with Crippen molar-refractivity contribution in [3.05, 3.63) is 53.0 Å². The molecule has 5 nitrogen and oxygen atoms in total. The highest BCUT2D eigenvalue weighted by Gasteiger charge is 2.22. The molecule has 0 saturated carbocycles. The van der Waals surface area contributed by atoms with Gasteiger partial charge in [-0.2, -0.15) is 5.10 Å². The van der Waals surface area contributed by atoms with E-state index in [4.69, 9.17) is 26.5 Å². The van der Waals surface area contributed by atoms with E-state index in [1.54, 1.807) is 24.3 Å². The Balaban J connectivity index is 2.02. The van der Waals surface area contributed by atoms with Gasteiger partial charge in [-0.25, -0.2) is 0 Å². The molecule has 3 aromatic rings. The molecule has 2 aromatic heterocycles. The molecule has 2 N–H and O–H groups in total. The van der Waals surface area contributed by atoms with E-state index in [-0.39, 0.29) is 0 Å². The van der Waals surface area contributed by atoms with Crippen LogP contribution in [0.2, 0.25) is 5.02 Å². The number of hydrogen-bond donors (Lipinski definition) is 1. The van der Waals surface area contributed by atoms with Gasteiger partial charge in [0, 0.05) is 18.1 Å². The van der Waals surface area contributed by atoms with Crippen molar-refractivity contribution in [2.24, 2.45) is 5.73 Å². The number of fused-ring (bicyclic) bond motifs is 1. The first kappa shape index (κ1) is 14.1. The average molecular weight is 306 g/mol. The molecule has 0 spiro atoms. The molecule has 0 fully saturated rings. The van der Waals surface area contributed by atoms with Gasteiger partial charge in [-0.3, -0.25) is 4.68 Å². The fraction of sp³-hybridized carbons (Fsp3) is 0.267. The third-order valence-corrected chi connectivity index (χ3v) is 3.77. The molecule has 0 aliphatic rings. The van der Waals surface area contributed by atoms with Crippen molar-refractivity contribution in [1.29, 1.82) is 0 Å². The Bertz CT molecular complexity index is 750. The van der Waals surface area contributed by atoms with Crippen molar-refractivity contribution in [2.45, 2.75) is 12.6 Å². The van der Waals surface area contributed by atoms with Crippen molar-refractivity contribution in [1.82, 2.24) is 9.78 Å². The van der Waals surface area contributed by atoms with Gasteiger partial charge in [0.1, 0.15) is 5.58 Å². The van der Waals surface area contributed by atoms with Crippen molar-refractivity contribution in [2.75, 3.05) is 13.7 Å². The Kier molecular flexibility index (Phi) is 3.96. The number of rotatable bonds is 5. The van der Waals surface area contributed by atoms with E-state index in [1.807, 2.05) is 24.3 Å². The van der Waals surface area contributed by atoms with Gasteiger partial charge in [-0.05, 0) is 6.07 Å². The second kappa shape index (κ2) is 5.89. The van der Waals surface area contributed by atoms with Gasteiger partial charge in [0.25, 0.3) is 0 Å². The molecule has 3 rings (SSSR count). The van der Waals surface area contributed by atoms with Crippen LogP contribution in [0.5, 0.6) is 0 Å². The molecule has 0 aliphatic carbocycles. The largest absolute Gasteiger partial charge is 0.464 e. The quantitative estimate of drug-likeness (QED) is 0.787. The van der Waals surface area contributed by atoms with Crippen LogP contribution in [0, 0.1) is 0 Å². The second-order valence-corrected chi connectivity index (χ2v) is 5.17. The number of hydrogen-bond acceptors (Lipinski definition) is 4. The smallest absolute Gasteiger partial charge is 0.134 e. The van der Waals surface area contributed by atoms with E-state index >= 15 is 0 Å². The Labute approximate surface area is 127 Å². The Morgan fingerprint density at radius 3 is 3.05 bits per heavy atom. The number of aromatic nitrogens is 2. The number of methoxy groups -OCH3 is 1. The molecule has 6 heteroatoms. The Hall–Kier alpha value is -1.82. The van der Waals surface area contributed by atoms with Gasteiger partial charge >= 0.3 is 0 Å². The van der Waals surface area contributed by atoms with E-state index in [0.29, 0.717) is 18.2 Å². The third kappa shape index (κ3) is 2.55. The summed E-state index contributed by atoms with van der Waals surface area (Å²) >= 11 is 6.25. The molecule has 1 atom stereocenters. The van der Waals surface area contributed by atoms with Gasteiger partial charge in [0.15, 0.2) is 0 Å². The molecule has 2 heterocycles. The fourth-order valence-electron chi connectivity index (χ4n) is 2.42. The first-order valence-corrected chi connectivity index (χ1v) is 7.02. The number of nitrogens with two attached hydrogens (primary N) is 1. The number of benzene rings is 1. The van der Waals surface area contributed by atoms with Crippen molar-refractivity contribution in [3.63, 3.8) is 0 Å². The van der Waals surface area contributed by atoms with E-state index in [9.17, 15) is 0 Å². The molecule has 1 unspecified atom stereocenters. The van der Waals surface area contributed by atoms with Crippen LogP contribution < -0.4 is 5.73 Å². The number of halogens is 1. The summed E-state index contributed by atoms with van der Waals surface area (Å²) in [5, 5.41) is 5.79. The SMILES string of the molecule is COCCn1ncc(Cl)c1C(N)c1coc2ccccc12. The van der Waals surface area contributed by atoms with Gasteiger partial charge in [-0.15, -0.1) is 0 Å². The van der Waals surface area contributed by atoms with Crippen LogP contribution in [0.1, 0.15) is 17.3 Å². The minimum absolute atomic E-state index is 0.402. The summed E-state index contributed by atoms with van der Waals surface area (Å²) in [5.41, 5.74) is 8.87. The fourth-order valence-corrected chi connectivity index (χ4v) is 2.68. The molecular formula is C15H16ClN3O2. The van der Waals surface area contributed by atoms with Gasteiger partial charge in [0.2, 0.25) is 0 Å². The third-order valence-electron chi connectivity index (χ3n) is 3.48. The van der Waals surface area contributed by atoms with E-state index < -0.39 is 6.04 Å². The zero-order chi connectivity index (χ0) is 14.8. The van der Waals surface area contributed by atoms with Gasteiger partial charge < -0.3 is 14.9 Å². The molecule has 1 aromatic carbocycles. The van der Waals surface area contributed by atoms with Crippen LogP contribution in [0.3, 0.4) is 0 Å². The predicted molar refractivity (Wildman–Crippen MR) is 81.4 cm³/mol. The van der Waals surface area contributed by atoms with Crippen molar-refractivity contribution in [3.8, 4) is 0 Å². The minimum Gasteiger partial charge on any atom is -0.464 e. The van der Waals surface area contributed by atoms with Crippen LogP contribution in [0.25, 0.3) is 11.0 Å². The summed E-state index contributed by atoms with van der Waals surface area (Å²) in [5.74, 6) is 0. The van der Waals surface area contributed by atoms with Crippen LogP contribution in [-0.2, 0) is 11.3 Å². The lowest BCUT2D eigenvalue weighted by molar-refractivity contribution is 0.182. The molecule has 0 aliphatic heterocycles. The van der Waals surface area contributed by atoms with Crippen LogP contribution in [-0.4, -0.2) is 23.5 Å². The summed E-state index contributed by atoms with van der Waals surface area (Å²) in [6.45, 7) is 1.14. The molecule has 0 saturated heterocycles. The standard InChI is InChI=1S/C15H16ClN3O2/c1-20-7-6-19-15(12(16)8-18-19)14(17)11-9-21-13-5-3-2-4-10(11)13/h2-5,8-9,14H,6-7,17H2,1H3. The predicted octanol–water partition coefficient (Wildman–Crippen LogP) is 2.98. The first-order chi connectivity index (χ1) is 10.2. The van der Waals surface area contributed by atoms with Crippen LogP contribution in [0.4, 0.5) is 0 Å². The highest BCUT2D eigenvalue weighted by Crippen LogP contribution is 2.32. The summed E-state index contributed by atoms with van der Waals surface area (Å²) < 4.78 is 12.4. The molecule has 0 amide bonds. The van der Waals surface area contributed by atoms with E-state index in [2.05, 4.69) is 5.10 Å². The van der Waals surface area contributed by atoms with Crippen LogP contribution in [0.15, 0.2) is 41.1 Å². The summed E-state index contributed by atoms with van der Waals surface area (Å²) in [4.78, 5) is 0. The zero-order valence-corrected chi connectivity index (χ0v) is 12.4. The highest BCUT2D eigenvalue weighted by molar-refractivity contribution is 6.31. The average Bonchev–Trinajstić information content (AvgIpc) is 3.08. The lowest BCUT2D eigenvalue weighted by Crippen LogP contribution is -2.19. The lowest BCUT2D eigenvalue weighted by atomic mass is 10.0. The number of para-hydroxylation sites is 1. The zero-order valence-electron chi connectivity index (χ0n) is 11.6. The highest BCUT2D eigenvalue weighted by atomic mass is 35.5. The van der Waals surface area contributed by atoms with Crippen molar-refractivity contribution >= 4 is 22.6 Å². The monoisotopic (exact) mass is 305 g/mol. The molecule has 110 valence electrons. The summed E-state index contributed by atoms with van der Waals surface area (Å²) in [7, 11) is 1.65. The molecular weight excluding hydrogens is 290 g/mol. The number of ether oxygens (including phenoxy) is 1. The number of furan rings is 1. The Morgan fingerprint density at radius 2 is 2.24 bits per heavy atom. The number of nitrogens with zero attached hydrogens (tertiary/aromatic N) is 2. The van der Waals surface area contributed by atoms with E-state index in [1.165, 1.54) is 0 Å². The Morgan fingerprint density at radius 1 is 1.43 bits per heavy atom. The lowest BCUT2D eigenvalue weighted by Gasteiger charge is -2.14. The summed E-state index contributed by atoms with van der Waals surface area (Å²) in [6.07, 6.45) is 3.29. The molecule has 21 heavy (non-hydrogen) atoms. The van der Waals surface area contributed by atoms with Crippen molar-refractivity contribution < 1.29 is 9.15 Å². The van der Waals surface area contributed by atoms with Gasteiger partial charge in [-0.1, -0.05) is 29.8 Å². The minimum atomic E-state index is -0.402. The maximum absolute atomic E-state index is 6.40. The summed E-state index contributed by atoms with van der Waals surface area (Å²) in [6, 6.07) is 7.38. The second-order valence-electron chi connectivity index (χ2n) is 4.76. The first-order valence-electron chi connectivity index (χ1n) is 6.64. The molecule has 0 radical (unpaired) electrons. The van der Waals surface area contributed by atoms with Crippen LogP contribution >= 0.6 is 11.6 Å². The normalized spacial score (nSPS) is 12.9. The molecule has 0 bridgehead atoms. The maximum atomic E-state index is 6.40. The topological polar surface area (TPSA) is 66.2 Å². The van der Waals surface area contributed by atoms with E-state index in [0.717, 1.165) is 22.2 Å². The van der Waals surface area contributed by atoms with Gasteiger partial charge in [0.05, 0.1) is 42.4 Å².